The molecule has 0 radical (unpaired) electrons. The van der Waals surface area contributed by atoms with Crippen LogP contribution in [-0.2, 0) is 4.79 Å². The second kappa shape index (κ2) is 9.31. The van der Waals surface area contributed by atoms with Gasteiger partial charge < -0.3 is 18.8 Å². The van der Waals surface area contributed by atoms with E-state index in [9.17, 15) is 4.79 Å². The number of rotatable bonds is 9. The molecule has 2 aromatic rings. The maximum atomic E-state index is 12.0. The van der Waals surface area contributed by atoms with Crippen LogP contribution < -0.4 is 9.47 Å². The fourth-order valence-electron chi connectivity index (χ4n) is 2.07. The van der Waals surface area contributed by atoms with Gasteiger partial charge in [0.1, 0.15) is 11.5 Å². The average molecular weight is 365 g/mol. The van der Waals surface area contributed by atoms with Gasteiger partial charge in [-0.25, -0.2) is 0 Å². The van der Waals surface area contributed by atoms with Crippen molar-refractivity contribution < 1.29 is 18.7 Å². The van der Waals surface area contributed by atoms with Crippen LogP contribution in [0.15, 0.2) is 27.8 Å². The predicted molar refractivity (Wildman–Crippen MR) is 96.1 cm³/mol. The van der Waals surface area contributed by atoms with Crippen LogP contribution in [0, 0.1) is 0 Å². The van der Waals surface area contributed by atoms with Gasteiger partial charge in [-0.2, -0.15) is 0 Å². The third kappa shape index (κ3) is 5.38. The molecule has 0 bridgehead atoms. The summed E-state index contributed by atoms with van der Waals surface area (Å²) in [5.74, 6) is 1.93. The summed E-state index contributed by atoms with van der Waals surface area (Å²) in [6.45, 7) is 2.86. The molecule has 8 heteroatoms. The zero-order valence-corrected chi connectivity index (χ0v) is 15.8. The maximum Gasteiger partial charge on any atom is 0.277 e. The van der Waals surface area contributed by atoms with Crippen molar-refractivity contribution in [2.75, 3.05) is 33.6 Å². The minimum Gasteiger partial charge on any atom is -0.497 e. The molecule has 0 saturated heterocycles. The molecular weight excluding hydrogens is 342 g/mol. The van der Waals surface area contributed by atoms with Crippen molar-refractivity contribution in [2.24, 2.45) is 0 Å². The number of thioether (sulfide) groups is 1. The first-order valence-electron chi connectivity index (χ1n) is 8.01. The van der Waals surface area contributed by atoms with Gasteiger partial charge in [-0.3, -0.25) is 4.79 Å². The van der Waals surface area contributed by atoms with Gasteiger partial charge in [0, 0.05) is 25.2 Å². The van der Waals surface area contributed by atoms with Crippen molar-refractivity contribution in [2.45, 2.75) is 25.0 Å². The molecule has 0 aliphatic carbocycles. The van der Waals surface area contributed by atoms with Crippen LogP contribution in [-0.4, -0.2) is 54.6 Å². The van der Waals surface area contributed by atoms with Crippen LogP contribution in [0.5, 0.6) is 11.5 Å². The van der Waals surface area contributed by atoms with Crippen LogP contribution >= 0.6 is 11.8 Å². The summed E-state index contributed by atoms with van der Waals surface area (Å²) in [5, 5.41) is 8.38. The molecule has 136 valence electrons. The molecule has 0 aliphatic heterocycles. The highest BCUT2D eigenvalue weighted by molar-refractivity contribution is 7.99. The van der Waals surface area contributed by atoms with E-state index in [4.69, 9.17) is 13.9 Å². The Balaban J connectivity index is 2.01. The first-order valence-corrected chi connectivity index (χ1v) is 8.99. The van der Waals surface area contributed by atoms with Gasteiger partial charge in [0.25, 0.3) is 5.22 Å². The molecule has 0 saturated carbocycles. The largest absolute Gasteiger partial charge is 0.497 e. The molecule has 0 unspecified atom stereocenters. The van der Waals surface area contributed by atoms with Crippen LogP contribution in [0.2, 0.25) is 0 Å². The molecule has 1 aromatic heterocycles. The zero-order chi connectivity index (χ0) is 18.2. The number of carbonyl (C=O) groups excluding carboxylic acids is 1. The summed E-state index contributed by atoms with van der Waals surface area (Å²) in [5.41, 5.74) is 0.696. The molecule has 0 N–H and O–H groups in total. The lowest BCUT2D eigenvalue weighted by atomic mass is 10.2. The van der Waals surface area contributed by atoms with E-state index in [0.717, 1.165) is 19.4 Å². The first-order chi connectivity index (χ1) is 12.1. The SMILES string of the molecule is CCCCN(C)C(=O)CSc1nnc(-c2cc(OC)cc(OC)c2)o1. The number of hydrogen-bond acceptors (Lipinski definition) is 7. The fourth-order valence-corrected chi connectivity index (χ4v) is 2.77. The Kier molecular flexibility index (Phi) is 7.12. The smallest absolute Gasteiger partial charge is 0.277 e. The molecule has 1 heterocycles. The molecule has 1 aromatic carbocycles. The minimum atomic E-state index is 0.0428. The summed E-state index contributed by atoms with van der Waals surface area (Å²) in [6.07, 6.45) is 2.05. The van der Waals surface area contributed by atoms with Gasteiger partial charge in [0.2, 0.25) is 11.8 Å². The minimum absolute atomic E-state index is 0.0428. The van der Waals surface area contributed by atoms with E-state index < -0.39 is 0 Å². The Morgan fingerprint density at radius 1 is 1.20 bits per heavy atom. The van der Waals surface area contributed by atoms with Crippen molar-refractivity contribution in [3.05, 3.63) is 18.2 Å². The molecule has 0 atom stereocenters. The summed E-state index contributed by atoms with van der Waals surface area (Å²) in [4.78, 5) is 13.8. The van der Waals surface area contributed by atoms with Crippen molar-refractivity contribution in [3.63, 3.8) is 0 Å². The topological polar surface area (TPSA) is 77.7 Å². The summed E-state index contributed by atoms with van der Waals surface area (Å²) in [7, 11) is 4.96. The summed E-state index contributed by atoms with van der Waals surface area (Å²) < 4.78 is 16.1. The molecular formula is C17H23N3O4S. The number of hydrogen-bond donors (Lipinski definition) is 0. The Morgan fingerprint density at radius 2 is 1.88 bits per heavy atom. The van der Waals surface area contributed by atoms with Crippen molar-refractivity contribution in [1.29, 1.82) is 0 Å². The number of aromatic nitrogens is 2. The van der Waals surface area contributed by atoms with Gasteiger partial charge in [-0.05, 0) is 18.6 Å². The maximum absolute atomic E-state index is 12.0. The third-order valence-electron chi connectivity index (χ3n) is 3.60. The van der Waals surface area contributed by atoms with Gasteiger partial charge in [0.05, 0.1) is 20.0 Å². The number of ether oxygens (including phenoxy) is 2. The van der Waals surface area contributed by atoms with E-state index in [1.165, 1.54) is 11.8 Å². The molecule has 25 heavy (non-hydrogen) atoms. The summed E-state index contributed by atoms with van der Waals surface area (Å²) in [6, 6.07) is 5.34. The normalized spacial score (nSPS) is 10.6. The van der Waals surface area contributed by atoms with Gasteiger partial charge in [0.15, 0.2) is 0 Å². The van der Waals surface area contributed by atoms with E-state index in [2.05, 4.69) is 17.1 Å². The molecule has 1 amide bonds. The molecule has 0 aliphatic rings. The van der Waals surface area contributed by atoms with Crippen molar-refractivity contribution >= 4 is 17.7 Å². The number of methoxy groups -OCH3 is 2. The van der Waals surface area contributed by atoms with E-state index in [1.54, 1.807) is 44.4 Å². The van der Waals surface area contributed by atoms with Crippen LogP contribution in [0.25, 0.3) is 11.5 Å². The Hall–Kier alpha value is -2.22. The Bertz CT molecular complexity index is 683. The zero-order valence-electron chi connectivity index (χ0n) is 14.9. The lowest BCUT2D eigenvalue weighted by Gasteiger charge is -2.15. The fraction of sp³-hybridized carbons (Fsp3) is 0.471. The highest BCUT2D eigenvalue weighted by Crippen LogP contribution is 2.30. The first kappa shape index (κ1) is 19.1. The van der Waals surface area contributed by atoms with E-state index in [0.29, 0.717) is 28.2 Å². The van der Waals surface area contributed by atoms with Crippen LogP contribution in [0.4, 0.5) is 0 Å². The van der Waals surface area contributed by atoms with Gasteiger partial charge in [-0.1, -0.05) is 25.1 Å². The average Bonchev–Trinajstić information content (AvgIpc) is 3.12. The molecule has 7 nitrogen and oxygen atoms in total. The van der Waals surface area contributed by atoms with Gasteiger partial charge >= 0.3 is 0 Å². The molecule has 0 fully saturated rings. The van der Waals surface area contributed by atoms with E-state index in [1.807, 2.05) is 0 Å². The van der Waals surface area contributed by atoms with Crippen molar-refractivity contribution in [1.82, 2.24) is 15.1 Å². The predicted octanol–water partition coefficient (Wildman–Crippen LogP) is 3.10. The van der Waals surface area contributed by atoms with Crippen LogP contribution in [0.3, 0.4) is 0 Å². The third-order valence-corrected chi connectivity index (χ3v) is 4.40. The Labute approximate surface area is 151 Å². The van der Waals surface area contributed by atoms with Gasteiger partial charge in [-0.15, -0.1) is 10.2 Å². The monoisotopic (exact) mass is 365 g/mol. The van der Waals surface area contributed by atoms with E-state index >= 15 is 0 Å². The lowest BCUT2D eigenvalue weighted by molar-refractivity contribution is -0.127. The highest BCUT2D eigenvalue weighted by Gasteiger charge is 2.15. The van der Waals surface area contributed by atoms with Crippen molar-refractivity contribution in [3.8, 4) is 23.0 Å². The molecule has 2 rings (SSSR count). The highest BCUT2D eigenvalue weighted by atomic mass is 32.2. The Morgan fingerprint density at radius 3 is 2.48 bits per heavy atom. The van der Waals surface area contributed by atoms with Crippen LogP contribution in [0.1, 0.15) is 19.8 Å². The summed E-state index contributed by atoms with van der Waals surface area (Å²) >= 11 is 1.23. The number of unbranched alkanes of at least 4 members (excludes halogenated alkanes) is 1. The standard InChI is InChI=1S/C17H23N3O4S/c1-5-6-7-20(2)15(21)11-25-17-19-18-16(24-17)12-8-13(22-3)10-14(9-12)23-4/h8-10H,5-7,11H2,1-4H3. The number of benzene rings is 1. The second-order valence-electron chi connectivity index (χ2n) is 5.43. The van der Waals surface area contributed by atoms with E-state index in [-0.39, 0.29) is 11.7 Å². The number of carbonyl (C=O) groups is 1. The second-order valence-corrected chi connectivity index (χ2v) is 6.36. The molecule has 0 spiro atoms. The lowest BCUT2D eigenvalue weighted by Crippen LogP contribution is -2.29. The number of amides is 1. The quantitative estimate of drug-likeness (QED) is 0.632. The number of nitrogens with zero attached hydrogens (tertiary/aromatic N) is 3.